The maximum Gasteiger partial charge on any atom is 0.165 e. The van der Waals surface area contributed by atoms with Crippen molar-refractivity contribution in [3.8, 4) is 0 Å². The van der Waals surface area contributed by atoms with Crippen molar-refractivity contribution in [1.29, 1.82) is 0 Å². The molecule has 2 rings (SSSR count). The Hall–Kier alpha value is -0.800. The van der Waals surface area contributed by atoms with Crippen molar-refractivity contribution in [2.75, 3.05) is 31.6 Å². The van der Waals surface area contributed by atoms with E-state index in [4.69, 9.17) is 11.6 Å². The molecule has 0 bridgehead atoms. The van der Waals surface area contributed by atoms with E-state index >= 15 is 0 Å². The van der Waals surface area contributed by atoms with Gasteiger partial charge in [0.1, 0.15) is 0 Å². The number of hydrogen-bond donors (Lipinski definition) is 0. The Balaban J connectivity index is 2.20. The molecule has 0 spiro atoms. The first-order valence-corrected chi connectivity index (χ1v) is 6.90. The van der Waals surface area contributed by atoms with Gasteiger partial charge in [-0.3, -0.25) is 0 Å². The van der Waals surface area contributed by atoms with E-state index in [1.165, 1.54) is 0 Å². The molecule has 1 saturated heterocycles. The van der Waals surface area contributed by atoms with Gasteiger partial charge in [-0.25, -0.2) is 4.39 Å². The van der Waals surface area contributed by atoms with Crippen LogP contribution in [0.25, 0.3) is 0 Å². The largest absolute Gasteiger partial charge is 0.366 e. The number of piperidine rings is 1. The lowest BCUT2D eigenvalue weighted by atomic mass is 10.0. The van der Waals surface area contributed by atoms with Crippen LogP contribution in [0.5, 0.6) is 0 Å². The summed E-state index contributed by atoms with van der Waals surface area (Å²) in [6.45, 7) is 5.02. The minimum atomic E-state index is -0.292. The fraction of sp³-hybridized carbons (Fsp3) is 0.571. The van der Waals surface area contributed by atoms with Crippen molar-refractivity contribution in [3.05, 3.63) is 29.0 Å². The molecule has 2 nitrogen and oxygen atoms in total. The Morgan fingerprint density at radius 3 is 2.67 bits per heavy atom. The third kappa shape index (κ3) is 2.78. The van der Waals surface area contributed by atoms with Crippen molar-refractivity contribution in [2.45, 2.75) is 25.8 Å². The van der Waals surface area contributed by atoms with Crippen molar-refractivity contribution in [3.63, 3.8) is 0 Å². The maximum atomic E-state index is 14.1. The highest BCUT2D eigenvalue weighted by atomic mass is 35.5. The van der Waals surface area contributed by atoms with E-state index in [1.54, 1.807) is 6.07 Å². The molecule has 0 aliphatic carbocycles. The molecule has 1 heterocycles. The summed E-state index contributed by atoms with van der Waals surface area (Å²) in [7, 11) is 2.13. The van der Waals surface area contributed by atoms with Gasteiger partial charge in [-0.1, -0.05) is 17.7 Å². The van der Waals surface area contributed by atoms with Crippen molar-refractivity contribution >= 4 is 17.3 Å². The molecule has 4 heteroatoms. The maximum absolute atomic E-state index is 14.1. The molecule has 0 unspecified atom stereocenters. The summed E-state index contributed by atoms with van der Waals surface area (Å²) in [5.41, 5.74) is 0.638. The molecular formula is C14H20ClFN2. The molecule has 0 atom stereocenters. The molecule has 1 aromatic carbocycles. The normalized spacial score (nSPS) is 18.0. The van der Waals surface area contributed by atoms with E-state index in [-0.39, 0.29) is 10.8 Å². The zero-order valence-electron chi connectivity index (χ0n) is 11.0. The Morgan fingerprint density at radius 2 is 2.06 bits per heavy atom. The van der Waals surface area contributed by atoms with E-state index in [1.807, 2.05) is 12.1 Å². The molecule has 0 amide bonds. The summed E-state index contributed by atoms with van der Waals surface area (Å²) < 4.78 is 14.1. The fourth-order valence-corrected chi connectivity index (χ4v) is 2.82. The minimum absolute atomic E-state index is 0.207. The third-order valence-electron chi connectivity index (χ3n) is 3.71. The molecule has 1 aromatic rings. The van der Waals surface area contributed by atoms with Gasteiger partial charge in [0, 0.05) is 12.6 Å². The van der Waals surface area contributed by atoms with Gasteiger partial charge in [-0.15, -0.1) is 0 Å². The Kier molecular flexibility index (Phi) is 4.46. The summed E-state index contributed by atoms with van der Waals surface area (Å²) in [5.74, 6) is -0.292. The summed E-state index contributed by atoms with van der Waals surface area (Å²) in [5, 5.41) is 0.207. The highest BCUT2D eigenvalue weighted by Gasteiger charge is 2.24. The first-order chi connectivity index (χ1) is 8.63. The lowest BCUT2D eigenvalue weighted by Gasteiger charge is -2.38. The second-order valence-electron chi connectivity index (χ2n) is 4.89. The summed E-state index contributed by atoms with van der Waals surface area (Å²) in [6.07, 6.45) is 2.16. The van der Waals surface area contributed by atoms with Crippen molar-refractivity contribution < 1.29 is 4.39 Å². The zero-order valence-corrected chi connectivity index (χ0v) is 11.8. The van der Waals surface area contributed by atoms with E-state index in [0.717, 1.165) is 32.5 Å². The number of halogens is 2. The van der Waals surface area contributed by atoms with E-state index < -0.39 is 0 Å². The van der Waals surface area contributed by atoms with Gasteiger partial charge in [0.2, 0.25) is 0 Å². The van der Waals surface area contributed by atoms with Crippen LogP contribution >= 0.6 is 11.6 Å². The van der Waals surface area contributed by atoms with Gasteiger partial charge in [0.15, 0.2) is 5.82 Å². The predicted molar refractivity (Wildman–Crippen MR) is 74.9 cm³/mol. The predicted octanol–water partition coefficient (Wildman–Crippen LogP) is 3.40. The van der Waals surface area contributed by atoms with Crippen LogP contribution in [0.4, 0.5) is 10.1 Å². The topological polar surface area (TPSA) is 6.48 Å². The molecular weight excluding hydrogens is 251 g/mol. The molecule has 1 aliphatic heterocycles. The Bertz CT molecular complexity index is 403. The van der Waals surface area contributed by atoms with E-state index in [2.05, 4.69) is 23.8 Å². The quantitative estimate of drug-likeness (QED) is 0.831. The number of benzene rings is 1. The van der Waals surface area contributed by atoms with Gasteiger partial charge in [0.25, 0.3) is 0 Å². The monoisotopic (exact) mass is 270 g/mol. The summed E-state index contributed by atoms with van der Waals surface area (Å²) in [4.78, 5) is 4.47. The van der Waals surface area contributed by atoms with Crippen LogP contribution in [0.15, 0.2) is 18.2 Å². The molecule has 1 aliphatic rings. The summed E-state index contributed by atoms with van der Waals surface area (Å²) >= 11 is 5.87. The molecule has 18 heavy (non-hydrogen) atoms. The highest BCUT2D eigenvalue weighted by Crippen LogP contribution is 2.29. The minimum Gasteiger partial charge on any atom is -0.366 e. The number of nitrogens with zero attached hydrogens (tertiary/aromatic N) is 2. The van der Waals surface area contributed by atoms with Crippen LogP contribution in [-0.4, -0.2) is 37.6 Å². The molecule has 0 N–H and O–H groups in total. The van der Waals surface area contributed by atoms with Crippen molar-refractivity contribution in [2.24, 2.45) is 0 Å². The molecule has 0 saturated carbocycles. The van der Waals surface area contributed by atoms with Crippen LogP contribution in [0.1, 0.15) is 19.8 Å². The molecule has 100 valence electrons. The second-order valence-corrected chi connectivity index (χ2v) is 5.30. The standard InChI is InChI=1S/C14H20ClFN2/c1-3-18(11-7-9-17(2)10-8-11)13-6-4-5-12(15)14(13)16/h4-6,11H,3,7-10H2,1-2H3. The first kappa shape index (κ1) is 13.6. The van der Waals surface area contributed by atoms with Gasteiger partial charge < -0.3 is 9.80 Å². The van der Waals surface area contributed by atoms with E-state index in [0.29, 0.717) is 11.7 Å². The smallest absolute Gasteiger partial charge is 0.165 e. The zero-order chi connectivity index (χ0) is 13.1. The highest BCUT2D eigenvalue weighted by molar-refractivity contribution is 6.31. The third-order valence-corrected chi connectivity index (χ3v) is 4.00. The molecule has 0 radical (unpaired) electrons. The van der Waals surface area contributed by atoms with Crippen LogP contribution < -0.4 is 4.90 Å². The lowest BCUT2D eigenvalue weighted by molar-refractivity contribution is 0.250. The van der Waals surface area contributed by atoms with Gasteiger partial charge in [-0.2, -0.15) is 0 Å². The van der Waals surface area contributed by atoms with Gasteiger partial charge in [-0.05, 0) is 52.0 Å². The van der Waals surface area contributed by atoms with Crippen LogP contribution in [0.2, 0.25) is 5.02 Å². The van der Waals surface area contributed by atoms with Crippen molar-refractivity contribution in [1.82, 2.24) is 4.90 Å². The van der Waals surface area contributed by atoms with Crippen LogP contribution in [-0.2, 0) is 0 Å². The average molecular weight is 271 g/mol. The lowest BCUT2D eigenvalue weighted by Crippen LogP contribution is -2.44. The number of likely N-dealkylation sites (tertiary alicyclic amines) is 1. The fourth-order valence-electron chi connectivity index (χ4n) is 2.65. The number of hydrogen-bond acceptors (Lipinski definition) is 2. The molecule has 0 aromatic heterocycles. The van der Waals surface area contributed by atoms with Crippen LogP contribution in [0.3, 0.4) is 0 Å². The number of rotatable bonds is 3. The summed E-state index contributed by atoms with van der Waals surface area (Å²) in [6, 6.07) is 5.66. The van der Waals surface area contributed by atoms with E-state index in [9.17, 15) is 4.39 Å². The Morgan fingerprint density at radius 1 is 1.39 bits per heavy atom. The SMILES string of the molecule is CCN(c1cccc(Cl)c1F)C1CCN(C)CC1. The average Bonchev–Trinajstić information content (AvgIpc) is 2.37. The second kappa shape index (κ2) is 5.89. The number of anilines is 1. The Labute approximate surface area is 113 Å². The first-order valence-electron chi connectivity index (χ1n) is 6.52. The van der Waals surface area contributed by atoms with Gasteiger partial charge in [0.05, 0.1) is 10.7 Å². The van der Waals surface area contributed by atoms with Crippen LogP contribution in [0, 0.1) is 5.82 Å². The molecule has 1 fully saturated rings. The van der Waals surface area contributed by atoms with Gasteiger partial charge >= 0.3 is 0 Å².